The van der Waals surface area contributed by atoms with Gasteiger partial charge >= 0.3 is 6.16 Å². The van der Waals surface area contributed by atoms with E-state index in [-0.39, 0.29) is 0 Å². The zero-order valence-corrected chi connectivity index (χ0v) is 12.8. The van der Waals surface area contributed by atoms with Gasteiger partial charge in [0.25, 0.3) is 0 Å². The lowest BCUT2D eigenvalue weighted by molar-refractivity contribution is 0.789. The van der Waals surface area contributed by atoms with E-state index in [2.05, 4.69) is 17.1 Å². The summed E-state index contributed by atoms with van der Waals surface area (Å²) in [5.41, 5.74) is 3.19. The number of nitrogens with zero attached hydrogens (tertiary/aromatic N) is 2. The number of hydrogen-bond donors (Lipinski definition) is 0. The molecule has 0 saturated carbocycles. The largest absolute Gasteiger partial charge is 0.454 e. The molecule has 0 fully saturated rings. The molecule has 0 spiro atoms. The first-order valence-corrected chi connectivity index (χ1v) is 10.8. The molecule has 6 heteroatoms. The highest BCUT2D eigenvalue weighted by molar-refractivity contribution is 7.65. The maximum atomic E-state index is 6.21. The second-order valence-corrected chi connectivity index (χ2v) is 12.5. The molecule has 3 rings (SSSR count). The third-order valence-corrected chi connectivity index (χ3v) is 6.13. The molecule has 2 heterocycles. The average Bonchev–Trinajstić information content (AvgIpc) is 2.36. The molecule has 0 radical (unpaired) electrons. The van der Waals surface area contributed by atoms with Gasteiger partial charge in [0.15, 0.2) is 0 Å². The van der Waals surface area contributed by atoms with Gasteiger partial charge in [0.1, 0.15) is 0 Å². The lowest BCUT2D eigenvalue weighted by atomic mass is 10.0. The van der Waals surface area contributed by atoms with Gasteiger partial charge in [0.2, 0.25) is 0 Å². The number of anilines is 1. The van der Waals surface area contributed by atoms with Crippen LogP contribution in [0.3, 0.4) is 0 Å². The Morgan fingerprint density at radius 3 is 2.78 bits per heavy atom. The summed E-state index contributed by atoms with van der Waals surface area (Å²) in [6.07, 6.45) is 0.914. The fourth-order valence-corrected chi connectivity index (χ4v) is 4.90. The predicted molar refractivity (Wildman–Crippen MR) is 80.7 cm³/mol. The molecule has 0 saturated heterocycles. The first-order chi connectivity index (χ1) is 8.57. The van der Waals surface area contributed by atoms with Crippen LogP contribution in [0.25, 0.3) is 10.9 Å². The van der Waals surface area contributed by atoms with E-state index < -0.39 is 6.16 Å². The zero-order valence-electron chi connectivity index (χ0n) is 9.54. The van der Waals surface area contributed by atoms with Crippen molar-refractivity contribution in [3.05, 3.63) is 36.0 Å². The molecule has 2 aromatic rings. The Kier molecular flexibility index (Phi) is 3.18. The molecule has 94 valence electrons. The van der Waals surface area contributed by atoms with E-state index in [0.717, 1.165) is 36.0 Å². The minimum absolute atomic E-state index is 0.797. The van der Waals surface area contributed by atoms with E-state index in [1.54, 1.807) is 6.20 Å². The Hall–Kier alpha value is -0.483. The molecule has 0 N–H and O–H groups in total. The minimum Gasteiger partial charge on any atom is -0.360 e. The van der Waals surface area contributed by atoms with Crippen LogP contribution in [0.2, 0.25) is 0 Å². The van der Waals surface area contributed by atoms with Gasteiger partial charge in [-0.3, -0.25) is 4.98 Å². The van der Waals surface area contributed by atoms with Gasteiger partial charge < -0.3 is 4.57 Å². The fraction of sp³-hybridized carbons (Fsp3) is 0.250. The van der Waals surface area contributed by atoms with Crippen molar-refractivity contribution in [1.82, 2.24) is 4.98 Å². The second-order valence-electron chi connectivity index (χ2n) is 4.37. The number of fused-ring (bicyclic) bond motifs is 3. The molecule has 0 amide bonds. The number of halogens is 3. The lowest BCUT2D eigenvalue weighted by Gasteiger charge is -2.35. The Morgan fingerprint density at radius 2 is 2.00 bits per heavy atom. The van der Waals surface area contributed by atoms with E-state index in [4.69, 9.17) is 33.2 Å². The lowest BCUT2D eigenvalue weighted by Crippen LogP contribution is -2.44. The van der Waals surface area contributed by atoms with Gasteiger partial charge in [-0.25, -0.2) is 0 Å². The Labute approximate surface area is 121 Å². The van der Waals surface area contributed by atoms with E-state index in [0.29, 0.717) is 0 Å². The maximum absolute atomic E-state index is 6.21. The number of benzene rings is 1. The van der Waals surface area contributed by atoms with Gasteiger partial charge in [0, 0.05) is 18.1 Å². The Balaban J connectivity index is 2.28. The molecule has 1 aliphatic heterocycles. The van der Waals surface area contributed by atoms with Gasteiger partial charge in [-0.2, -0.15) is 0 Å². The molecular formula is C12H11Cl3N2Si. The van der Waals surface area contributed by atoms with Crippen LogP contribution in [0.1, 0.15) is 12.0 Å². The van der Waals surface area contributed by atoms with Crippen molar-refractivity contribution < 1.29 is 0 Å². The van der Waals surface area contributed by atoms with Gasteiger partial charge in [-0.1, -0.05) is 18.2 Å². The third-order valence-electron chi connectivity index (χ3n) is 3.24. The number of rotatable bonds is 1. The van der Waals surface area contributed by atoms with Crippen molar-refractivity contribution in [1.29, 1.82) is 0 Å². The average molecular weight is 318 g/mol. The van der Waals surface area contributed by atoms with Crippen molar-refractivity contribution in [3.63, 3.8) is 0 Å². The van der Waals surface area contributed by atoms with Crippen LogP contribution in [0.15, 0.2) is 30.5 Å². The van der Waals surface area contributed by atoms with Crippen molar-refractivity contribution >= 4 is 56.0 Å². The van der Waals surface area contributed by atoms with E-state index in [1.165, 1.54) is 5.56 Å². The number of hydrogen-bond acceptors (Lipinski definition) is 2. The number of pyridine rings is 1. The van der Waals surface area contributed by atoms with E-state index in [1.807, 2.05) is 16.7 Å². The summed E-state index contributed by atoms with van der Waals surface area (Å²) in [4.78, 5) is 4.46. The SMILES string of the molecule is Cl[Si](Cl)(Cl)N1CCCc2ccc3cccnc3c21. The molecule has 0 atom stereocenters. The molecule has 18 heavy (non-hydrogen) atoms. The molecule has 0 aliphatic carbocycles. The monoisotopic (exact) mass is 316 g/mol. The highest BCUT2D eigenvalue weighted by Crippen LogP contribution is 2.40. The molecular weight excluding hydrogens is 307 g/mol. The highest BCUT2D eigenvalue weighted by atomic mass is 35.8. The topological polar surface area (TPSA) is 16.1 Å². The molecule has 0 bridgehead atoms. The van der Waals surface area contributed by atoms with Crippen molar-refractivity contribution in [2.24, 2.45) is 0 Å². The van der Waals surface area contributed by atoms with Crippen molar-refractivity contribution in [2.45, 2.75) is 12.8 Å². The smallest absolute Gasteiger partial charge is 0.360 e. The van der Waals surface area contributed by atoms with Crippen LogP contribution in [0, 0.1) is 0 Å². The highest BCUT2D eigenvalue weighted by Gasteiger charge is 2.38. The fourth-order valence-electron chi connectivity index (χ4n) is 2.47. The summed E-state index contributed by atoms with van der Waals surface area (Å²) in [7, 11) is 0. The predicted octanol–water partition coefficient (Wildman–Crippen LogP) is 4.14. The summed E-state index contributed by atoms with van der Waals surface area (Å²) < 4.78 is 1.95. The second kappa shape index (κ2) is 4.56. The Morgan fingerprint density at radius 1 is 1.17 bits per heavy atom. The number of aromatic nitrogens is 1. The van der Waals surface area contributed by atoms with Gasteiger partial charge in [-0.15, -0.1) is 33.2 Å². The van der Waals surface area contributed by atoms with Crippen molar-refractivity contribution in [2.75, 3.05) is 11.1 Å². The summed E-state index contributed by atoms with van der Waals surface area (Å²) in [6, 6.07) is 8.17. The molecule has 0 unspecified atom stereocenters. The van der Waals surface area contributed by atoms with Gasteiger partial charge in [-0.05, 0) is 24.5 Å². The molecule has 1 aromatic carbocycles. The van der Waals surface area contributed by atoms with Crippen molar-refractivity contribution in [3.8, 4) is 0 Å². The first kappa shape index (κ1) is 12.5. The quantitative estimate of drug-likeness (QED) is 0.580. The maximum Gasteiger partial charge on any atom is 0.454 e. The van der Waals surface area contributed by atoms with Crippen LogP contribution in [-0.4, -0.2) is 17.7 Å². The number of aryl methyl sites for hydroxylation is 1. The minimum atomic E-state index is -2.91. The summed E-state index contributed by atoms with van der Waals surface area (Å²) in [5, 5.41) is 1.09. The molecule has 1 aliphatic rings. The van der Waals surface area contributed by atoms with Gasteiger partial charge in [0.05, 0.1) is 11.2 Å². The summed E-state index contributed by atoms with van der Waals surface area (Å²) in [6.45, 7) is 0.797. The Bertz CT molecular complexity index is 597. The van der Waals surface area contributed by atoms with E-state index in [9.17, 15) is 0 Å². The zero-order chi connectivity index (χ0) is 12.8. The molecule has 1 aromatic heterocycles. The standard InChI is InChI=1S/C12H11Cl3N2Si/c13-18(14,15)17-8-2-4-10-6-5-9-3-1-7-16-11(9)12(10)17/h1,3,5-7H,2,4,8H2. The summed E-state index contributed by atoms with van der Waals surface area (Å²) in [5.74, 6) is 0. The van der Waals surface area contributed by atoms with Crippen LogP contribution in [0.4, 0.5) is 5.69 Å². The summed E-state index contributed by atoms with van der Waals surface area (Å²) >= 11 is 18.6. The first-order valence-electron chi connectivity index (χ1n) is 5.78. The van der Waals surface area contributed by atoms with Crippen LogP contribution < -0.4 is 4.57 Å². The van der Waals surface area contributed by atoms with Crippen LogP contribution in [0.5, 0.6) is 0 Å². The molecule has 2 nitrogen and oxygen atoms in total. The normalized spacial score (nSPS) is 15.8. The van der Waals surface area contributed by atoms with Crippen LogP contribution in [-0.2, 0) is 6.42 Å². The van der Waals surface area contributed by atoms with E-state index >= 15 is 0 Å². The van der Waals surface area contributed by atoms with Crippen LogP contribution >= 0.6 is 33.2 Å². The third kappa shape index (κ3) is 2.09.